The van der Waals surface area contributed by atoms with Gasteiger partial charge in [-0.2, -0.15) is 0 Å². The predicted octanol–water partition coefficient (Wildman–Crippen LogP) is 2.95. The van der Waals surface area contributed by atoms with E-state index in [-0.39, 0.29) is 18.1 Å². The van der Waals surface area contributed by atoms with Crippen molar-refractivity contribution in [2.45, 2.75) is 19.5 Å². The fourth-order valence-electron chi connectivity index (χ4n) is 3.11. The van der Waals surface area contributed by atoms with Crippen LogP contribution in [0.5, 0.6) is 0 Å². The maximum atomic E-state index is 13.1. The van der Waals surface area contributed by atoms with E-state index in [9.17, 15) is 9.18 Å². The van der Waals surface area contributed by atoms with E-state index in [0.29, 0.717) is 18.8 Å². The monoisotopic (exact) mass is 348 g/mol. The molecule has 5 nitrogen and oxygen atoms in total. The fourth-order valence-corrected chi connectivity index (χ4v) is 3.11. The topological polar surface area (TPSA) is 72.1 Å². The minimum atomic E-state index is -0.282. The van der Waals surface area contributed by atoms with Crippen LogP contribution < -0.4 is 5.73 Å². The second kappa shape index (κ2) is 6.55. The number of hydrogen-bond donors (Lipinski definition) is 1. The van der Waals surface area contributed by atoms with Crippen LogP contribution in [0.1, 0.15) is 17.0 Å². The number of nitrogens with zero attached hydrogens (tertiary/aromatic N) is 3. The molecule has 2 aromatic carbocycles. The van der Waals surface area contributed by atoms with Crippen molar-refractivity contribution in [3.63, 3.8) is 0 Å². The van der Waals surface area contributed by atoms with Crippen molar-refractivity contribution >= 4 is 11.6 Å². The normalized spacial score (nSPS) is 12.9. The Morgan fingerprint density at radius 1 is 1.00 bits per heavy atom. The SMILES string of the molecule is Nc1ccc(-c2ccc(F)cc2)cc1CC(=O)N1Cc2nccnc2C1. The molecule has 2 heterocycles. The first-order valence-corrected chi connectivity index (χ1v) is 8.31. The zero-order valence-corrected chi connectivity index (χ0v) is 14.0. The van der Waals surface area contributed by atoms with E-state index in [1.165, 1.54) is 12.1 Å². The van der Waals surface area contributed by atoms with Gasteiger partial charge in [0.2, 0.25) is 5.91 Å². The summed E-state index contributed by atoms with van der Waals surface area (Å²) in [6.07, 6.45) is 3.47. The molecule has 4 rings (SSSR count). The van der Waals surface area contributed by atoms with Gasteiger partial charge >= 0.3 is 0 Å². The summed E-state index contributed by atoms with van der Waals surface area (Å²) in [5.74, 6) is -0.303. The molecule has 0 unspecified atom stereocenters. The van der Waals surface area contributed by atoms with Gasteiger partial charge in [-0.25, -0.2) is 4.39 Å². The van der Waals surface area contributed by atoms with E-state index < -0.39 is 0 Å². The third-order valence-electron chi connectivity index (χ3n) is 4.56. The summed E-state index contributed by atoms with van der Waals surface area (Å²) in [5.41, 5.74) is 10.9. The van der Waals surface area contributed by atoms with Crippen LogP contribution in [0.3, 0.4) is 0 Å². The molecule has 0 radical (unpaired) electrons. The van der Waals surface area contributed by atoms with Gasteiger partial charge in [0.15, 0.2) is 0 Å². The zero-order valence-electron chi connectivity index (χ0n) is 14.0. The average molecular weight is 348 g/mol. The molecule has 0 saturated carbocycles. The molecule has 3 aromatic rings. The second-order valence-corrected chi connectivity index (χ2v) is 6.30. The van der Waals surface area contributed by atoms with Crippen LogP contribution in [0, 0.1) is 5.82 Å². The van der Waals surface area contributed by atoms with Crippen molar-refractivity contribution in [1.29, 1.82) is 0 Å². The van der Waals surface area contributed by atoms with Crippen molar-refractivity contribution in [3.05, 3.63) is 77.6 Å². The summed E-state index contributed by atoms with van der Waals surface area (Å²) in [4.78, 5) is 23.0. The number of nitrogens with two attached hydrogens (primary N) is 1. The molecule has 26 heavy (non-hydrogen) atoms. The lowest BCUT2D eigenvalue weighted by atomic mass is 10.00. The lowest BCUT2D eigenvalue weighted by Gasteiger charge is -2.16. The first-order valence-electron chi connectivity index (χ1n) is 8.31. The van der Waals surface area contributed by atoms with E-state index >= 15 is 0 Å². The standard InChI is InChI=1S/C20H17FN4O/c21-16-4-1-13(2-5-16)14-3-6-17(22)15(9-14)10-20(26)25-11-18-19(12-25)24-8-7-23-18/h1-9H,10-12,22H2. The first kappa shape index (κ1) is 16.2. The van der Waals surface area contributed by atoms with Gasteiger partial charge in [-0.15, -0.1) is 0 Å². The van der Waals surface area contributed by atoms with E-state index in [1.54, 1.807) is 35.5 Å². The number of anilines is 1. The van der Waals surface area contributed by atoms with Crippen molar-refractivity contribution in [2.75, 3.05) is 5.73 Å². The molecule has 0 aliphatic carbocycles. The summed E-state index contributed by atoms with van der Waals surface area (Å²) in [5, 5.41) is 0. The van der Waals surface area contributed by atoms with Gasteiger partial charge in [0.25, 0.3) is 0 Å². The molecule has 1 aliphatic heterocycles. The number of amides is 1. The van der Waals surface area contributed by atoms with Crippen LogP contribution in [0.4, 0.5) is 10.1 Å². The second-order valence-electron chi connectivity index (χ2n) is 6.30. The predicted molar refractivity (Wildman–Crippen MR) is 96.2 cm³/mol. The van der Waals surface area contributed by atoms with Gasteiger partial charge in [0, 0.05) is 18.1 Å². The van der Waals surface area contributed by atoms with Gasteiger partial charge < -0.3 is 10.6 Å². The number of fused-ring (bicyclic) bond motifs is 1. The Labute approximate surface area is 150 Å². The van der Waals surface area contributed by atoms with Crippen LogP contribution in [-0.4, -0.2) is 20.8 Å². The molecular weight excluding hydrogens is 331 g/mol. The molecule has 0 spiro atoms. The molecule has 6 heteroatoms. The van der Waals surface area contributed by atoms with E-state index in [4.69, 9.17) is 5.73 Å². The molecule has 1 aliphatic rings. The Morgan fingerprint density at radius 3 is 2.27 bits per heavy atom. The van der Waals surface area contributed by atoms with Crippen LogP contribution in [0.25, 0.3) is 11.1 Å². The Bertz CT molecular complexity index is 947. The molecular formula is C20H17FN4O. The van der Waals surface area contributed by atoms with E-state index in [0.717, 1.165) is 28.1 Å². The molecule has 0 bridgehead atoms. The molecule has 0 fully saturated rings. The minimum absolute atomic E-state index is 0.0206. The first-order chi connectivity index (χ1) is 12.6. The Hall–Kier alpha value is -3.28. The third-order valence-corrected chi connectivity index (χ3v) is 4.56. The Balaban J connectivity index is 1.54. The number of aromatic nitrogens is 2. The number of halogens is 1. The largest absolute Gasteiger partial charge is 0.398 e. The lowest BCUT2D eigenvalue weighted by molar-refractivity contribution is -0.131. The summed E-state index contributed by atoms with van der Waals surface area (Å²) in [6.45, 7) is 0.944. The van der Waals surface area contributed by atoms with Crippen molar-refractivity contribution in [2.24, 2.45) is 0 Å². The average Bonchev–Trinajstić information content (AvgIpc) is 3.09. The van der Waals surface area contributed by atoms with Crippen molar-refractivity contribution in [1.82, 2.24) is 14.9 Å². The van der Waals surface area contributed by atoms with Crippen molar-refractivity contribution in [3.8, 4) is 11.1 Å². The smallest absolute Gasteiger partial charge is 0.227 e. The van der Waals surface area contributed by atoms with Gasteiger partial charge in [-0.05, 0) is 41.0 Å². The molecule has 1 aromatic heterocycles. The maximum absolute atomic E-state index is 13.1. The molecule has 1 amide bonds. The highest BCUT2D eigenvalue weighted by molar-refractivity contribution is 5.82. The van der Waals surface area contributed by atoms with Gasteiger partial charge in [-0.1, -0.05) is 18.2 Å². The summed E-state index contributed by atoms with van der Waals surface area (Å²) in [6, 6.07) is 11.8. The van der Waals surface area contributed by atoms with Gasteiger partial charge in [-0.3, -0.25) is 14.8 Å². The fraction of sp³-hybridized carbons (Fsp3) is 0.150. The van der Waals surface area contributed by atoms with Crippen LogP contribution in [0.15, 0.2) is 54.9 Å². The zero-order chi connectivity index (χ0) is 18.1. The Morgan fingerprint density at radius 2 is 1.62 bits per heavy atom. The summed E-state index contributed by atoms with van der Waals surface area (Å²) < 4.78 is 13.1. The maximum Gasteiger partial charge on any atom is 0.227 e. The summed E-state index contributed by atoms with van der Waals surface area (Å²) in [7, 11) is 0. The van der Waals surface area contributed by atoms with Crippen molar-refractivity contribution < 1.29 is 9.18 Å². The summed E-state index contributed by atoms with van der Waals surface area (Å²) >= 11 is 0. The number of carbonyl (C=O) groups excluding carboxylic acids is 1. The number of benzene rings is 2. The van der Waals surface area contributed by atoms with Gasteiger partial charge in [0.1, 0.15) is 5.82 Å². The molecule has 130 valence electrons. The van der Waals surface area contributed by atoms with Crippen LogP contribution in [-0.2, 0) is 24.3 Å². The highest BCUT2D eigenvalue weighted by Crippen LogP contribution is 2.26. The number of carbonyl (C=O) groups is 1. The van der Waals surface area contributed by atoms with E-state index in [2.05, 4.69) is 9.97 Å². The highest BCUT2D eigenvalue weighted by atomic mass is 19.1. The van der Waals surface area contributed by atoms with Crippen LogP contribution in [0.2, 0.25) is 0 Å². The Kier molecular flexibility index (Phi) is 4.08. The quantitative estimate of drug-likeness (QED) is 0.739. The number of hydrogen-bond acceptors (Lipinski definition) is 4. The van der Waals surface area contributed by atoms with E-state index in [1.807, 2.05) is 12.1 Å². The van der Waals surface area contributed by atoms with Crippen LogP contribution >= 0.6 is 0 Å². The molecule has 0 saturated heterocycles. The van der Waals surface area contributed by atoms with Gasteiger partial charge in [0.05, 0.1) is 30.9 Å². The lowest BCUT2D eigenvalue weighted by Crippen LogP contribution is -2.27. The molecule has 0 atom stereocenters. The number of nitrogen functional groups attached to an aromatic ring is 1. The number of rotatable bonds is 3. The molecule has 2 N–H and O–H groups in total. The highest BCUT2D eigenvalue weighted by Gasteiger charge is 2.25. The minimum Gasteiger partial charge on any atom is -0.398 e. The third kappa shape index (κ3) is 3.13.